The Morgan fingerprint density at radius 2 is 2.00 bits per heavy atom. The molecular formula is C18H22N2O2. The standard InChI is InChI=1S/C18H22N2O2/c21-18(11-16-15-7-3-4-8-17(15)22-19-16)20-10-9-13-5-1-2-6-14(13)12-20/h3-4,7-8,13-14H,1-2,5-6,9-12H2/t13-,14-/m1/s1. The third kappa shape index (κ3) is 2.51. The lowest BCUT2D eigenvalue weighted by Crippen LogP contribution is -2.45. The molecule has 0 N–H and O–H groups in total. The Hall–Kier alpha value is -1.84. The molecule has 0 bridgehead atoms. The number of aromatic nitrogens is 1. The van der Waals surface area contributed by atoms with Crippen LogP contribution in [0.5, 0.6) is 0 Å². The first-order chi connectivity index (χ1) is 10.8. The van der Waals surface area contributed by atoms with Crippen LogP contribution in [0.3, 0.4) is 0 Å². The molecule has 2 heterocycles. The topological polar surface area (TPSA) is 46.3 Å². The Morgan fingerprint density at radius 1 is 1.18 bits per heavy atom. The molecule has 1 saturated carbocycles. The van der Waals surface area contributed by atoms with Crippen molar-refractivity contribution in [3.8, 4) is 0 Å². The van der Waals surface area contributed by atoms with E-state index in [2.05, 4.69) is 10.1 Å². The molecule has 1 aliphatic carbocycles. The highest BCUT2D eigenvalue weighted by Crippen LogP contribution is 2.36. The maximum absolute atomic E-state index is 12.6. The predicted molar refractivity (Wildman–Crippen MR) is 84.4 cm³/mol. The summed E-state index contributed by atoms with van der Waals surface area (Å²) in [5.74, 6) is 1.77. The van der Waals surface area contributed by atoms with E-state index in [1.54, 1.807) is 0 Å². The van der Waals surface area contributed by atoms with Gasteiger partial charge in [-0.25, -0.2) is 0 Å². The van der Waals surface area contributed by atoms with Gasteiger partial charge in [-0.1, -0.05) is 36.6 Å². The predicted octanol–water partition coefficient (Wildman–Crippen LogP) is 3.41. The first-order valence-electron chi connectivity index (χ1n) is 8.42. The summed E-state index contributed by atoms with van der Waals surface area (Å²) >= 11 is 0. The first kappa shape index (κ1) is 13.8. The van der Waals surface area contributed by atoms with Crippen LogP contribution in [0.1, 0.15) is 37.8 Å². The maximum atomic E-state index is 12.6. The van der Waals surface area contributed by atoms with E-state index in [0.29, 0.717) is 6.42 Å². The van der Waals surface area contributed by atoms with Crippen LogP contribution in [0.4, 0.5) is 0 Å². The largest absolute Gasteiger partial charge is 0.356 e. The molecule has 0 unspecified atom stereocenters. The minimum absolute atomic E-state index is 0.197. The highest BCUT2D eigenvalue weighted by molar-refractivity contribution is 5.86. The first-order valence-corrected chi connectivity index (χ1v) is 8.42. The number of benzene rings is 1. The van der Waals surface area contributed by atoms with Crippen molar-refractivity contribution >= 4 is 16.9 Å². The molecule has 2 atom stereocenters. The van der Waals surface area contributed by atoms with Gasteiger partial charge < -0.3 is 9.42 Å². The van der Waals surface area contributed by atoms with Gasteiger partial charge in [0.2, 0.25) is 5.91 Å². The zero-order chi connectivity index (χ0) is 14.9. The van der Waals surface area contributed by atoms with Gasteiger partial charge in [-0.2, -0.15) is 0 Å². The number of hydrogen-bond donors (Lipinski definition) is 0. The van der Waals surface area contributed by atoms with Crippen molar-refractivity contribution in [3.63, 3.8) is 0 Å². The zero-order valence-electron chi connectivity index (χ0n) is 12.8. The van der Waals surface area contributed by atoms with E-state index >= 15 is 0 Å². The molecule has 4 nitrogen and oxygen atoms in total. The van der Waals surface area contributed by atoms with Crippen LogP contribution in [0, 0.1) is 11.8 Å². The van der Waals surface area contributed by atoms with E-state index in [1.807, 2.05) is 24.3 Å². The van der Waals surface area contributed by atoms with Crippen molar-refractivity contribution in [1.29, 1.82) is 0 Å². The molecule has 2 aromatic rings. The van der Waals surface area contributed by atoms with Gasteiger partial charge in [0.15, 0.2) is 5.58 Å². The fourth-order valence-corrected chi connectivity index (χ4v) is 4.15. The van der Waals surface area contributed by atoms with Crippen molar-refractivity contribution in [3.05, 3.63) is 30.0 Å². The molecule has 0 spiro atoms. The van der Waals surface area contributed by atoms with Crippen LogP contribution >= 0.6 is 0 Å². The smallest absolute Gasteiger partial charge is 0.228 e. The lowest BCUT2D eigenvalue weighted by Gasteiger charge is -2.41. The number of fused-ring (bicyclic) bond motifs is 2. The number of nitrogens with zero attached hydrogens (tertiary/aromatic N) is 2. The van der Waals surface area contributed by atoms with Crippen LogP contribution in [-0.4, -0.2) is 29.1 Å². The summed E-state index contributed by atoms with van der Waals surface area (Å²) < 4.78 is 5.30. The number of hydrogen-bond acceptors (Lipinski definition) is 3. The minimum Gasteiger partial charge on any atom is -0.356 e. The van der Waals surface area contributed by atoms with Gasteiger partial charge in [-0.05, 0) is 36.8 Å². The van der Waals surface area contributed by atoms with E-state index in [4.69, 9.17) is 4.52 Å². The van der Waals surface area contributed by atoms with E-state index in [1.165, 1.54) is 32.1 Å². The zero-order valence-corrected chi connectivity index (χ0v) is 12.8. The summed E-state index contributed by atoms with van der Waals surface area (Å²) in [5, 5.41) is 5.05. The number of para-hydroxylation sites is 1. The SMILES string of the molecule is O=C(Cc1noc2ccccc12)N1CC[C@H]2CCCC[C@@H]2C1. The molecule has 1 aromatic carbocycles. The third-order valence-electron chi connectivity index (χ3n) is 5.41. The molecule has 1 aliphatic heterocycles. The Balaban J connectivity index is 1.46. The fraction of sp³-hybridized carbons (Fsp3) is 0.556. The van der Waals surface area contributed by atoms with E-state index in [-0.39, 0.29) is 5.91 Å². The van der Waals surface area contributed by atoms with Crippen LogP contribution < -0.4 is 0 Å². The van der Waals surface area contributed by atoms with Gasteiger partial charge in [0.05, 0.1) is 6.42 Å². The van der Waals surface area contributed by atoms with Crippen LogP contribution in [0.15, 0.2) is 28.8 Å². The number of piperidine rings is 1. The summed E-state index contributed by atoms with van der Waals surface area (Å²) in [6, 6.07) is 7.75. The molecule has 1 amide bonds. The van der Waals surface area contributed by atoms with Gasteiger partial charge in [0.1, 0.15) is 5.69 Å². The number of amides is 1. The molecule has 2 fully saturated rings. The molecule has 0 radical (unpaired) electrons. The number of rotatable bonds is 2. The molecular weight excluding hydrogens is 276 g/mol. The number of likely N-dealkylation sites (tertiary alicyclic amines) is 1. The Labute approximate surface area is 130 Å². The summed E-state index contributed by atoms with van der Waals surface area (Å²) in [5.41, 5.74) is 1.53. The second-order valence-electron chi connectivity index (χ2n) is 6.74. The summed E-state index contributed by atoms with van der Waals surface area (Å²) in [6.07, 6.45) is 6.89. The maximum Gasteiger partial charge on any atom is 0.228 e. The third-order valence-corrected chi connectivity index (χ3v) is 5.41. The van der Waals surface area contributed by atoms with Gasteiger partial charge >= 0.3 is 0 Å². The second kappa shape index (κ2) is 5.75. The van der Waals surface area contributed by atoms with E-state index in [9.17, 15) is 4.79 Å². The molecule has 22 heavy (non-hydrogen) atoms. The van der Waals surface area contributed by atoms with Gasteiger partial charge in [-0.15, -0.1) is 0 Å². The lowest BCUT2D eigenvalue weighted by molar-refractivity contribution is -0.133. The van der Waals surface area contributed by atoms with Crippen LogP contribution in [0.25, 0.3) is 11.0 Å². The average molecular weight is 298 g/mol. The molecule has 4 heteroatoms. The van der Waals surface area contributed by atoms with E-state index < -0.39 is 0 Å². The van der Waals surface area contributed by atoms with Crippen LogP contribution in [0.2, 0.25) is 0 Å². The Morgan fingerprint density at radius 3 is 2.91 bits per heavy atom. The molecule has 1 saturated heterocycles. The fourth-order valence-electron chi connectivity index (χ4n) is 4.15. The van der Waals surface area contributed by atoms with Gasteiger partial charge in [-0.3, -0.25) is 4.79 Å². The second-order valence-corrected chi connectivity index (χ2v) is 6.74. The number of carbonyl (C=O) groups excluding carboxylic acids is 1. The number of carbonyl (C=O) groups is 1. The van der Waals surface area contributed by atoms with Gasteiger partial charge in [0.25, 0.3) is 0 Å². The average Bonchev–Trinajstić information content (AvgIpc) is 2.97. The van der Waals surface area contributed by atoms with Crippen molar-refractivity contribution < 1.29 is 9.32 Å². The van der Waals surface area contributed by atoms with Crippen molar-refractivity contribution in [2.75, 3.05) is 13.1 Å². The monoisotopic (exact) mass is 298 g/mol. The van der Waals surface area contributed by atoms with E-state index in [0.717, 1.165) is 41.6 Å². The molecule has 4 rings (SSSR count). The summed E-state index contributed by atoms with van der Waals surface area (Å²) in [4.78, 5) is 14.7. The molecule has 2 aliphatic rings. The van der Waals surface area contributed by atoms with Crippen molar-refractivity contribution in [1.82, 2.24) is 10.1 Å². The Kier molecular flexibility index (Phi) is 3.60. The van der Waals surface area contributed by atoms with Crippen molar-refractivity contribution in [2.45, 2.75) is 38.5 Å². The van der Waals surface area contributed by atoms with Crippen molar-refractivity contribution in [2.24, 2.45) is 11.8 Å². The molecule has 116 valence electrons. The highest BCUT2D eigenvalue weighted by atomic mass is 16.5. The quantitative estimate of drug-likeness (QED) is 0.853. The Bertz CT molecular complexity index is 679. The highest BCUT2D eigenvalue weighted by Gasteiger charge is 2.33. The normalized spacial score (nSPS) is 25.2. The minimum atomic E-state index is 0.197. The molecule has 1 aromatic heterocycles. The summed E-state index contributed by atoms with van der Waals surface area (Å²) in [7, 11) is 0. The van der Waals surface area contributed by atoms with Crippen LogP contribution in [-0.2, 0) is 11.2 Å². The summed E-state index contributed by atoms with van der Waals surface area (Å²) in [6.45, 7) is 1.86. The van der Waals surface area contributed by atoms with Gasteiger partial charge in [0, 0.05) is 18.5 Å². The lowest BCUT2D eigenvalue weighted by atomic mass is 9.75.